The zero-order chi connectivity index (χ0) is 12.3. The summed E-state index contributed by atoms with van der Waals surface area (Å²) in [6, 6.07) is 0. The fraction of sp³-hybridized carbons (Fsp3) is 1.00. The van der Waals surface area contributed by atoms with Crippen molar-refractivity contribution in [2.75, 3.05) is 14.2 Å². The molecular weight excluding hydrogens is 220 g/mol. The lowest BCUT2D eigenvalue weighted by Crippen LogP contribution is -2.59. The molecule has 0 rings (SSSR count). The average Bonchev–Trinajstić information content (AvgIpc) is 2.19. The largest absolute Gasteiger partial charge is 0.420 e. The summed E-state index contributed by atoms with van der Waals surface area (Å²) in [5.74, 6) is 0. The van der Waals surface area contributed by atoms with Crippen LogP contribution in [-0.4, -0.2) is 30.9 Å². The van der Waals surface area contributed by atoms with Gasteiger partial charge in [-0.25, -0.2) is 0 Å². The summed E-state index contributed by atoms with van der Waals surface area (Å²) in [5.41, 5.74) is 0. The van der Waals surface area contributed by atoms with Gasteiger partial charge in [-0.3, -0.25) is 0 Å². The lowest BCUT2D eigenvalue weighted by atomic mass is 10.2. The molecule has 92 valence electrons. The van der Waals surface area contributed by atoms with Crippen LogP contribution in [0.2, 0.25) is 30.8 Å². The molecule has 0 aliphatic carbocycles. The van der Waals surface area contributed by atoms with Gasteiger partial charge in [0, 0.05) is 18.9 Å². The molecule has 0 aromatic carbocycles. The second-order valence-corrected chi connectivity index (χ2v) is 14.5. The maximum atomic E-state index is 5.87. The Hall–Kier alpha value is 0.354. The van der Waals surface area contributed by atoms with Gasteiger partial charge >= 0.3 is 0 Å². The van der Waals surface area contributed by atoms with E-state index in [1.807, 2.05) is 14.2 Å². The molecule has 2 nitrogen and oxygen atoms in total. The van der Waals surface area contributed by atoms with Crippen molar-refractivity contribution in [3.05, 3.63) is 0 Å². The Bertz CT molecular complexity index is 181. The molecule has 0 amide bonds. The third-order valence-electron chi connectivity index (χ3n) is 4.53. The normalized spacial score (nSPS) is 14.4. The highest BCUT2D eigenvalue weighted by Crippen LogP contribution is 2.52. The smallest absolute Gasteiger partial charge is 0.191 e. The van der Waals surface area contributed by atoms with Crippen LogP contribution in [0.3, 0.4) is 0 Å². The van der Waals surface area contributed by atoms with Gasteiger partial charge in [-0.05, 0) is 26.2 Å². The SMILES string of the molecule is CCC(CC)([Si](C)(C)OC)[Si](C)(C)OC. The molecule has 4 heteroatoms. The molecule has 0 spiro atoms. The van der Waals surface area contributed by atoms with E-state index in [0.717, 1.165) is 0 Å². The van der Waals surface area contributed by atoms with Crippen LogP contribution in [0.5, 0.6) is 0 Å². The van der Waals surface area contributed by atoms with E-state index in [-0.39, 0.29) is 0 Å². The Morgan fingerprint density at radius 2 is 1.07 bits per heavy atom. The molecule has 0 aliphatic rings. The fourth-order valence-electron chi connectivity index (χ4n) is 3.07. The summed E-state index contributed by atoms with van der Waals surface area (Å²) in [4.78, 5) is 0. The second kappa shape index (κ2) is 5.12. The van der Waals surface area contributed by atoms with Gasteiger partial charge in [0.25, 0.3) is 0 Å². The van der Waals surface area contributed by atoms with E-state index >= 15 is 0 Å². The van der Waals surface area contributed by atoms with Crippen LogP contribution in [0.4, 0.5) is 0 Å². The topological polar surface area (TPSA) is 18.5 Å². The molecule has 0 heterocycles. The standard InChI is InChI=1S/C11H28O2Si2/c1-9-11(10-2,14(5,6)12-3)15(7,8)13-4/h9-10H2,1-8H3. The Morgan fingerprint density at radius 3 is 1.20 bits per heavy atom. The van der Waals surface area contributed by atoms with Crippen molar-refractivity contribution in [1.29, 1.82) is 0 Å². The van der Waals surface area contributed by atoms with Gasteiger partial charge < -0.3 is 8.85 Å². The fourth-order valence-corrected chi connectivity index (χ4v) is 13.7. The quantitative estimate of drug-likeness (QED) is 0.666. The van der Waals surface area contributed by atoms with Crippen molar-refractivity contribution in [2.45, 2.75) is 57.5 Å². The number of rotatable bonds is 6. The highest BCUT2D eigenvalue weighted by molar-refractivity contribution is 6.94. The molecule has 0 unspecified atom stereocenters. The third-order valence-corrected chi connectivity index (χ3v) is 16.2. The third kappa shape index (κ3) is 2.38. The van der Waals surface area contributed by atoms with Crippen LogP contribution in [0.15, 0.2) is 0 Å². The minimum atomic E-state index is -1.68. The summed E-state index contributed by atoms with van der Waals surface area (Å²) in [5, 5.41) is 0. The van der Waals surface area contributed by atoms with E-state index in [2.05, 4.69) is 40.0 Å². The van der Waals surface area contributed by atoms with E-state index in [1.54, 1.807) is 0 Å². The molecule has 0 fully saturated rings. The second-order valence-electron chi connectivity index (χ2n) is 5.22. The van der Waals surface area contributed by atoms with Crippen molar-refractivity contribution in [1.82, 2.24) is 0 Å². The van der Waals surface area contributed by atoms with Crippen LogP contribution in [0, 0.1) is 0 Å². The van der Waals surface area contributed by atoms with Crippen molar-refractivity contribution < 1.29 is 8.85 Å². The molecule has 0 atom stereocenters. The molecule has 0 aliphatic heterocycles. The lowest BCUT2D eigenvalue weighted by Gasteiger charge is -2.51. The Labute approximate surface area is 97.6 Å². The van der Waals surface area contributed by atoms with Gasteiger partial charge in [0.15, 0.2) is 16.6 Å². The molecule has 0 N–H and O–H groups in total. The molecule has 15 heavy (non-hydrogen) atoms. The maximum absolute atomic E-state index is 5.87. The first-order chi connectivity index (χ1) is 6.74. The van der Waals surface area contributed by atoms with Gasteiger partial charge in [0.1, 0.15) is 0 Å². The van der Waals surface area contributed by atoms with Crippen LogP contribution < -0.4 is 0 Å². The average molecular weight is 249 g/mol. The van der Waals surface area contributed by atoms with Crippen molar-refractivity contribution in [2.24, 2.45) is 0 Å². The van der Waals surface area contributed by atoms with E-state index in [1.165, 1.54) is 12.8 Å². The predicted octanol–water partition coefficient (Wildman–Crippen LogP) is 3.79. The Kier molecular flexibility index (Phi) is 5.24. The van der Waals surface area contributed by atoms with Crippen LogP contribution in [0.25, 0.3) is 0 Å². The monoisotopic (exact) mass is 248 g/mol. The van der Waals surface area contributed by atoms with Crippen LogP contribution >= 0.6 is 0 Å². The summed E-state index contributed by atoms with van der Waals surface area (Å²) in [7, 11) is 0.382. The molecular formula is C11H28O2Si2. The highest BCUT2D eigenvalue weighted by atomic mass is 28.4. The minimum Gasteiger partial charge on any atom is -0.420 e. The Balaban J connectivity index is 5.41. The molecule has 0 aromatic rings. The summed E-state index contributed by atoms with van der Waals surface area (Å²) in [6.45, 7) is 13.9. The van der Waals surface area contributed by atoms with Gasteiger partial charge in [-0.15, -0.1) is 0 Å². The number of hydrogen-bond acceptors (Lipinski definition) is 2. The van der Waals surface area contributed by atoms with Crippen molar-refractivity contribution in [3.8, 4) is 0 Å². The van der Waals surface area contributed by atoms with Crippen LogP contribution in [0.1, 0.15) is 26.7 Å². The van der Waals surface area contributed by atoms with Gasteiger partial charge in [-0.1, -0.05) is 26.7 Å². The van der Waals surface area contributed by atoms with Crippen molar-refractivity contribution >= 4 is 16.6 Å². The first kappa shape index (κ1) is 15.4. The Morgan fingerprint density at radius 1 is 0.800 bits per heavy atom. The van der Waals surface area contributed by atoms with E-state index in [4.69, 9.17) is 8.85 Å². The molecule has 0 aromatic heterocycles. The zero-order valence-electron chi connectivity index (χ0n) is 11.7. The minimum absolute atomic E-state index is 0.309. The molecule has 0 saturated heterocycles. The first-order valence-electron chi connectivity index (χ1n) is 5.85. The van der Waals surface area contributed by atoms with Gasteiger partial charge in [-0.2, -0.15) is 0 Å². The van der Waals surface area contributed by atoms with Gasteiger partial charge in [0.05, 0.1) is 0 Å². The zero-order valence-corrected chi connectivity index (χ0v) is 13.7. The summed E-state index contributed by atoms with van der Waals surface area (Å²) in [6.07, 6.45) is 2.34. The van der Waals surface area contributed by atoms with Gasteiger partial charge in [0.2, 0.25) is 0 Å². The molecule has 0 bridgehead atoms. The highest BCUT2D eigenvalue weighted by Gasteiger charge is 2.56. The first-order valence-corrected chi connectivity index (χ1v) is 11.7. The number of hydrogen-bond donors (Lipinski definition) is 0. The molecule has 0 radical (unpaired) electrons. The molecule has 0 saturated carbocycles. The summed E-state index contributed by atoms with van der Waals surface area (Å²) < 4.78 is 12.0. The lowest BCUT2D eigenvalue weighted by molar-refractivity contribution is 0.330. The van der Waals surface area contributed by atoms with E-state index < -0.39 is 16.6 Å². The summed E-state index contributed by atoms with van der Waals surface area (Å²) >= 11 is 0. The predicted molar refractivity (Wildman–Crippen MR) is 72.3 cm³/mol. The van der Waals surface area contributed by atoms with Crippen molar-refractivity contribution in [3.63, 3.8) is 0 Å². The van der Waals surface area contributed by atoms with Crippen LogP contribution in [-0.2, 0) is 8.85 Å². The van der Waals surface area contributed by atoms with E-state index in [0.29, 0.717) is 4.66 Å². The van der Waals surface area contributed by atoms with E-state index in [9.17, 15) is 0 Å². The maximum Gasteiger partial charge on any atom is 0.191 e.